The largest absolute Gasteiger partial charge is 0.433 e. The molecule has 4 atom stereocenters. The molecule has 4 unspecified atom stereocenters. The standard InChI is InChI=1S/C19H18F6N2O2/c20-18(21,22)12-3-1-2-10(6-12)8-27-16-13(7-14(28)17(16)29)11-4-5-15(26-9-11)19(23,24)25/h1-6,9,13-14,16-17,27-29H,7-8H2. The molecule has 1 aliphatic rings. The topological polar surface area (TPSA) is 65.4 Å². The number of alkyl halides is 6. The molecule has 1 heterocycles. The van der Waals surface area contributed by atoms with Crippen LogP contribution in [0.5, 0.6) is 0 Å². The summed E-state index contributed by atoms with van der Waals surface area (Å²) >= 11 is 0. The van der Waals surface area contributed by atoms with Crippen LogP contribution in [0.15, 0.2) is 42.6 Å². The van der Waals surface area contributed by atoms with Gasteiger partial charge >= 0.3 is 12.4 Å². The second-order valence-corrected chi connectivity index (χ2v) is 6.98. The van der Waals surface area contributed by atoms with Gasteiger partial charge in [0.05, 0.1) is 17.8 Å². The maximum absolute atomic E-state index is 12.8. The average molecular weight is 420 g/mol. The fourth-order valence-electron chi connectivity index (χ4n) is 3.52. The Morgan fingerprint density at radius 1 is 1.00 bits per heavy atom. The van der Waals surface area contributed by atoms with Crippen LogP contribution in [0.2, 0.25) is 0 Å². The van der Waals surface area contributed by atoms with Crippen molar-refractivity contribution in [3.63, 3.8) is 0 Å². The van der Waals surface area contributed by atoms with Crippen LogP contribution in [0.1, 0.15) is 34.7 Å². The highest BCUT2D eigenvalue weighted by Crippen LogP contribution is 2.37. The molecule has 1 aromatic carbocycles. The van der Waals surface area contributed by atoms with Gasteiger partial charge in [-0.15, -0.1) is 0 Å². The summed E-state index contributed by atoms with van der Waals surface area (Å²) in [6.45, 7) is -0.0249. The molecule has 0 saturated heterocycles. The molecular weight excluding hydrogens is 402 g/mol. The van der Waals surface area contributed by atoms with E-state index in [1.54, 1.807) is 0 Å². The second kappa shape index (κ2) is 7.92. The number of rotatable bonds is 4. The van der Waals surface area contributed by atoms with Crippen LogP contribution in [0, 0.1) is 0 Å². The van der Waals surface area contributed by atoms with Crippen LogP contribution in [-0.4, -0.2) is 33.4 Å². The van der Waals surface area contributed by atoms with E-state index in [0.29, 0.717) is 11.1 Å². The summed E-state index contributed by atoms with van der Waals surface area (Å²) in [4.78, 5) is 3.39. The summed E-state index contributed by atoms with van der Waals surface area (Å²) in [5.74, 6) is -0.555. The Balaban J connectivity index is 1.76. The molecule has 3 rings (SSSR count). The van der Waals surface area contributed by atoms with Gasteiger partial charge in [0.2, 0.25) is 0 Å². The van der Waals surface area contributed by atoms with E-state index in [0.717, 1.165) is 24.4 Å². The number of aliphatic hydroxyl groups is 2. The van der Waals surface area contributed by atoms with Crippen molar-refractivity contribution in [1.29, 1.82) is 0 Å². The third kappa shape index (κ3) is 4.88. The van der Waals surface area contributed by atoms with E-state index in [-0.39, 0.29) is 13.0 Å². The Labute approximate surface area is 162 Å². The zero-order valence-corrected chi connectivity index (χ0v) is 14.9. The van der Waals surface area contributed by atoms with Gasteiger partial charge in [0, 0.05) is 24.7 Å². The normalized spacial score (nSPS) is 25.4. The van der Waals surface area contributed by atoms with Crippen molar-refractivity contribution in [3.05, 3.63) is 65.0 Å². The maximum Gasteiger partial charge on any atom is 0.433 e. The Hall–Kier alpha value is -2.17. The Bertz CT molecular complexity index is 838. The van der Waals surface area contributed by atoms with Crippen molar-refractivity contribution >= 4 is 0 Å². The minimum Gasteiger partial charge on any atom is -0.390 e. The van der Waals surface area contributed by atoms with Crippen molar-refractivity contribution in [1.82, 2.24) is 10.3 Å². The summed E-state index contributed by atoms with van der Waals surface area (Å²) in [5.41, 5.74) is -1.17. The molecule has 4 nitrogen and oxygen atoms in total. The highest BCUT2D eigenvalue weighted by atomic mass is 19.4. The van der Waals surface area contributed by atoms with Gasteiger partial charge in [-0.25, -0.2) is 0 Å². The fourth-order valence-corrected chi connectivity index (χ4v) is 3.52. The van der Waals surface area contributed by atoms with Crippen molar-refractivity contribution in [3.8, 4) is 0 Å². The molecule has 3 N–H and O–H groups in total. The predicted molar refractivity (Wildman–Crippen MR) is 90.7 cm³/mol. The molecule has 10 heteroatoms. The van der Waals surface area contributed by atoms with E-state index in [2.05, 4.69) is 10.3 Å². The van der Waals surface area contributed by atoms with Crippen molar-refractivity contribution in [2.75, 3.05) is 0 Å². The molecule has 0 radical (unpaired) electrons. The Morgan fingerprint density at radius 3 is 2.31 bits per heavy atom. The molecule has 1 aromatic heterocycles. The minimum atomic E-state index is -4.59. The molecule has 1 fully saturated rings. The van der Waals surface area contributed by atoms with Gasteiger partial charge < -0.3 is 15.5 Å². The fraction of sp³-hybridized carbons (Fsp3) is 0.421. The highest BCUT2D eigenvalue weighted by Gasteiger charge is 2.42. The molecule has 2 aromatic rings. The van der Waals surface area contributed by atoms with Crippen LogP contribution >= 0.6 is 0 Å². The smallest absolute Gasteiger partial charge is 0.390 e. The summed E-state index contributed by atoms with van der Waals surface area (Å²) in [7, 11) is 0. The van der Waals surface area contributed by atoms with E-state index in [4.69, 9.17) is 0 Å². The lowest BCUT2D eigenvalue weighted by atomic mass is 9.94. The van der Waals surface area contributed by atoms with Crippen LogP contribution in [-0.2, 0) is 18.9 Å². The minimum absolute atomic E-state index is 0.0249. The van der Waals surface area contributed by atoms with Crippen molar-refractivity contribution in [2.45, 2.75) is 49.5 Å². The van der Waals surface area contributed by atoms with Gasteiger partial charge in [-0.2, -0.15) is 26.3 Å². The van der Waals surface area contributed by atoms with Crippen LogP contribution < -0.4 is 5.32 Å². The van der Waals surface area contributed by atoms with Crippen molar-refractivity contribution < 1.29 is 36.6 Å². The summed E-state index contributed by atoms with van der Waals surface area (Å²) < 4.78 is 76.6. The molecule has 1 saturated carbocycles. The number of pyridine rings is 1. The van der Waals surface area contributed by atoms with Crippen molar-refractivity contribution in [2.24, 2.45) is 0 Å². The van der Waals surface area contributed by atoms with E-state index in [9.17, 15) is 36.6 Å². The van der Waals surface area contributed by atoms with Gasteiger partial charge in [0.15, 0.2) is 0 Å². The number of hydrogen-bond donors (Lipinski definition) is 3. The first-order chi connectivity index (χ1) is 13.5. The molecule has 1 aliphatic carbocycles. The molecule has 29 heavy (non-hydrogen) atoms. The lowest BCUT2D eigenvalue weighted by Gasteiger charge is -2.24. The zero-order valence-electron chi connectivity index (χ0n) is 14.9. The van der Waals surface area contributed by atoms with Crippen LogP contribution in [0.3, 0.4) is 0 Å². The monoisotopic (exact) mass is 420 g/mol. The summed E-state index contributed by atoms with van der Waals surface area (Å²) in [6, 6.07) is 5.93. The van der Waals surface area contributed by atoms with Gasteiger partial charge in [0.25, 0.3) is 0 Å². The van der Waals surface area contributed by atoms with Gasteiger partial charge in [-0.05, 0) is 29.7 Å². The average Bonchev–Trinajstić information content (AvgIpc) is 2.93. The van der Waals surface area contributed by atoms with E-state index in [1.165, 1.54) is 18.2 Å². The Morgan fingerprint density at radius 2 is 1.72 bits per heavy atom. The number of benzene rings is 1. The number of aliphatic hydroxyl groups excluding tert-OH is 2. The third-order valence-electron chi connectivity index (χ3n) is 4.99. The highest BCUT2D eigenvalue weighted by molar-refractivity contribution is 5.27. The zero-order chi connectivity index (χ0) is 21.4. The number of aromatic nitrogens is 1. The first-order valence-corrected chi connectivity index (χ1v) is 8.75. The predicted octanol–water partition coefficient (Wildman–Crippen LogP) is 3.49. The van der Waals surface area contributed by atoms with E-state index < -0.39 is 47.8 Å². The quantitative estimate of drug-likeness (QED) is 0.663. The SMILES string of the molecule is OC1CC(c2ccc(C(F)(F)F)nc2)C(NCc2cccc(C(F)(F)F)c2)C1O. The number of nitrogens with one attached hydrogen (secondary N) is 1. The lowest BCUT2D eigenvalue weighted by Crippen LogP contribution is -2.42. The van der Waals surface area contributed by atoms with Crippen LogP contribution in [0.25, 0.3) is 0 Å². The number of halogens is 6. The molecule has 0 amide bonds. The maximum atomic E-state index is 12.8. The van der Waals surface area contributed by atoms with Gasteiger partial charge in [-0.3, -0.25) is 4.98 Å². The number of hydrogen-bond acceptors (Lipinski definition) is 4. The molecule has 0 spiro atoms. The first-order valence-electron chi connectivity index (χ1n) is 8.75. The number of nitrogens with zero attached hydrogens (tertiary/aromatic N) is 1. The third-order valence-corrected chi connectivity index (χ3v) is 4.99. The first kappa shape index (κ1) is 21.5. The van der Waals surface area contributed by atoms with E-state index >= 15 is 0 Å². The molecular formula is C19H18F6N2O2. The summed E-state index contributed by atoms with van der Waals surface area (Å²) in [6.07, 6.45) is -10.3. The van der Waals surface area contributed by atoms with Gasteiger partial charge in [-0.1, -0.05) is 24.3 Å². The summed E-state index contributed by atoms with van der Waals surface area (Å²) in [5, 5.41) is 23.2. The molecule has 0 bridgehead atoms. The lowest BCUT2D eigenvalue weighted by molar-refractivity contribution is -0.141. The second-order valence-electron chi connectivity index (χ2n) is 6.98. The van der Waals surface area contributed by atoms with Crippen LogP contribution in [0.4, 0.5) is 26.3 Å². The molecule has 0 aliphatic heterocycles. The molecule has 158 valence electrons. The van der Waals surface area contributed by atoms with Gasteiger partial charge in [0.1, 0.15) is 5.69 Å². The van der Waals surface area contributed by atoms with E-state index in [1.807, 2.05) is 0 Å². The Kier molecular flexibility index (Phi) is 5.88.